The number of carbonyl (C=O) groups is 2. The molecule has 0 saturated carbocycles. The first-order chi connectivity index (χ1) is 10.0. The van der Waals surface area contributed by atoms with Gasteiger partial charge in [-0.2, -0.15) is 0 Å². The number of rotatable bonds is 4. The van der Waals surface area contributed by atoms with Gasteiger partial charge >= 0.3 is 0 Å². The maximum Gasteiger partial charge on any atom is 0.247 e. The van der Waals surface area contributed by atoms with Crippen LogP contribution in [0.25, 0.3) is 0 Å². The summed E-state index contributed by atoms with van der Waals surface area (Å²) >= 11 is 0. The van der Waals surface area contributed by atoms with Crippen LogP contribution in [0.1, 0.15) is 47.1 Å². The number of phenols is 1. The van der Waals surface area contributed by atoms with E-state index < -0.39 is 6.04 Å². The lowest BCUT2D eigenvalue weighted by Crippen LogP contribution is -2.46. The minimum atomic E-state index is -0.643. The number of hydrogen-bond donors (Lipinski definition) is 3. The van der Waals surface area contributed by atoms with E-state index in [1.165, 1.54) is 6.92 Å². The molecule has 1 aromatic carbocycles. The highest BCUT2D eigenvalue weighted by Gasteiger charge is 2.24. The van der Waals surface area contributed by atoms with Crippen molar-refractivity contribution in [3.63, 3.8) is 0 Å². The standard InChI is InChI=1S/C17H26N2O3/c1-10(2)15(18-11(3)20)16(22)19-13-9-12(17(4,5)6)7-8-14(13)21/h7-10,15,21H,1-6H3,(H,18,20)(H,19,22). The lowest BCUT2D eigenvalue weighted by atomic mass is 9.87. The monoisotopic (exact) mass is 306 g/mol. The van der Waals surface area contributed by atoms with Crippen LogP contribution in [0, 0.1) is 5.92 Å². The van der Waals surface area contributed by atoms with E-state index in [1.54, 1.807) is 12.1 Å². The van der Waals surface area contributed by atoms with E-state index >= 15 is 0 Å². The molecule has 3 N–H and O–H groups in total. The van der Waals surface area contributed by atoms with Crippen LogP contribution in [0.15, 0.2) is 18.2 Å². The third-order valence-corrected chi connectivity index (χ3v) is 3.43. The van der Waals surface area contributed by atoms with E-state index in [9.17, 15) is 14.7 Å². The predicted octanol–water partition coefficient (Wildman–Crippen LogP) is 2.79. The topological polar surface area (TPSA) is 78.4 Å². The molecule has 0 radical (unpaired) electrons. The van der Waals surface area contributed by atoms with E-state index in [-0.39, 0.29) is 28.9 Å². The molecular formula is C17H26N2O3. The van der Waals surface area contributed by atoms with Crippen LogP contribution in [0.4, 0.5) is 5.69 Å². The molecule has 1 rings (SSSR count). The molecule has 5 nitrogen and oxygen atoms in total. The van der Waals surface area contributed by atoms with Gasteiger partial charge in [-0.3, -0.25) is 9.59 Å². The summed E-state index contributed by atoms with van der Waals surface area (Å²) in [4.78, 5) is 23.6. The number of amides is 2. The molecule has 0 bridgehead atoms. The zero-order valence-corrected chi connectivity index (χ0v) is 14.2. The minimum absolute atomic E-state index is 0.00619. The van der Waals surface area contributed by atoms with Gasteiger partial charge in [-0.25, -0.2) is 0 Å². The molecule has 1 aromatic rings. The van der Waals surface area contributed by atoms with E-state index in [1.807, 2.05) is 19.9 Å². The van der Waals surface area contributed by atoms with Crippen LogP contribution in [0.5, 0.6) is 5.75 Å². The van der Waals surface area contributed by atoms with Gasteiger partial charge in [0, 0.05) is 6.92 Å². The van der Waals surface area contributed by atoms with Crippen LogP contribution in [-0.4, -0.2) is 23.0 Å². The molecule has 22 heavy (non-hydrogen) atoms. The number of phenolic OH excluding ortho intramolecular Hbond substituents is 1. The molecule has 0 aliphatic rings. The summed E-state index contributed by atoms with van der Waals surface area (Å²) in [6.07, 6.45) is 0. The number of anilines is 1. The summed E-state index contributed by atoms with van der Waals surface area (Å²) in [6.45, 7) is 11.2. The summed E-state index contributed by atoms with van der Waals surface area (Å²) in [5.74, 6) is -0.656. The molecule has 2 amide bonds. The Bertz CT molecular complexity index is 560. The molecule has 122 valence electrons. The fourth-order valence-electron chi connectivity index (χ4n) is 2.07. The SMILES string of the molecule is CC(=O)NC(C(=O)Nc1cc(C(C)(C)C)ccc1O)C(C)C. The molecule has 0 aliphatic carbocycles. The van der Waals surface area contributed by atoms with Crippen molar-refractivity contribution in [3.8, 4) is 5.75 Å². The van der Waals surface area contributed by atoms with E-state index in [0.717, 1.165) is 5.56 Å². The third kappa shape index (κ3) is 4.76. The van der Waals surface area contributed by atoms with Gasteiger partial charge in [0.15, 0.2) is 0 Å². The summed E-state index contributed by atoms with van der Waals surface area (Å²) < 4.78 is 0. The second-order valence-electron chi connectivity index (χ2n) is 6.89. The summed E-state index contributed by atoms with van der Waals surface area (Å²) in [7, 11) is 0. The summed E-state index contributed by atoms with van der Waals surface area (Å²) in [5, 5.41) is 15.3. The first-order valence-corrected chi connectivity index (χ1v) is 7.44. The Kier molecular flexibility index (Phi) is 5.58. The fraction of sp³-hybridized carbons (Fsp3) is 0.529. The predicted molar refractivity (Wildman–Crippen MR) is 87.9 cm³/mol. The van der Waals surface area contributed by atoms with E-state index in [0.29, 0.717) is 5.69 Å². The summed E-state index contributed by atoms with van der Waals surface area (Å²) in [6, 6.07) is 4.52. The lowest BCUT2D eigenvalue weighted by molar-refractivity contribution is -0.126. The number of aromatic hydroxyl groups is 1. The van der Waals surface area contributed by atoms with Crippen molar-refractivity contribution in [3.05, 3.63) is 23.8 Å². The third-order valence-electron chi connectivity index (χ3n) is 3.43. The Morgan fingerprint density at radius 2 is 1.77 bits per heavy atom. The van der Waals surface area contributed by atoms with Crippen LogP contribution in [-0.2, 0) is 15.0 Å². The van der Waals surface area contributed by atoms with Gasteiger partial charge in [0.05, 0.1) is 5.69 Å². The zero-order chi connectivity index (χ0) is 17.1. The van der Waals surface area contributed by atoms with Gasteiger partial charge in [0.1, 0.15) is 11.8 Å². The van der Waals surface area contributed by atoms with Crippen molar-refractivity contribution in [2.75, 3.05) is 5.32 Å². The molecule has 0 saturated heterocycles. The minimum Gasteiger partial charge on any atom is -0.506 e. The average molecular weight is 306 g/mol. The zero-order valence-electron chi connectivity index (χ0n) is 14.2. The number of nitrogens with one attached hydrogen (secondary N) is 2. The molecule has 5 heteroatoms. The number of hydrogen-bond acceptors (Lipinski definition) is 3. The number of benzene rings is 1. The molecule has 0 fully saturated rings. The molecule has 0 spiro atoms. The van der Waals surface area contributed by atoms with Gasteiger partial charge in [-0.05, 0) is 29.0 Å². The van der Waals surface area contributed by atoms with Gasteiger partial charge < -0.3 is 15.7 Å². The van der Waals surface area contributed by atoms with E-state index in [2.05, 4.69) is 31.4 Å². The average Bonchev–Trinajstić information content (AvgIpc) is 2.36. The Balaban J connectivity index is 3.02. The van der Waals surface area contributed by atoms with E-state index in [4.69, 9.17) is 0 Å². The Morgan fingerprint density at radius 3 is 2.23 bits per heavy atom. The highest BCUT2D eigenvalue weighted by Crippen LogP contribution is 2.30. The maximum absolute atomic E-state index is 12.4. The van der Waals surface area contributed by atoms with Gasteiger partial charge in [0.25, 0.3) is 0 Å². The Hall–Kier alpha value is -2.04. The second kappa shape index (κ2) is 6.81. The molecule has 0 heterocycles. The smallest absolute Gasteiger partial charge is 0.247 e. The first kappa shape index (κ1) is 18.0. The van der Waals surface area contributed by atoms with Crippen LogP contribution >= 0.6 is 0 Å². The molecular weight excluding hydrogens is 280 g/mol. The fourth-order valence-corrected chi connectivity index (χ4v) is 2.07. The molecule has 1 unspecified atom stereocenters. The highest BCUT2D eigenvalue weighted by molar-refractivity contribution is 5.98. The van der Waals surface area contributed by atoms with Crippen molar-refractivity contribution in [2.45, 2.75) is 53.0 Å². The largest absolute Gasteiger partial charge is 0.506 e. The maximum atomic E-state index is 12.4. The molecule has 0 aromatic heterocycles. The first-order valence-electron chi connectivity index (χ1n) is 7.44. The quantitative estimate of drug-likeness (QED) is 0.748. The summed E-state index contributed by atoms with van der Waals surface area (Å²) in [5.41, 5.74) is 1.26. The number of carbonyl (C=O) groups excluding carboxylic acids is 2. The van der Waals surface area contributed by atoms with Crippen LogP contribution < -0.4 is 10.6 Å². The van der Waals surface area contributed by atoms with Gasteiger partial charge in [0.2, 0.25) is 11.8 Å². The van der Waals surface area contributed by atoms with Crippen molar-refractivity contribution in [2.24, 2.45) is 5.92 Å². The van der Waals surface area contributed by atoms with Crippen molar-refractivity contribution < 1.29 is 14.7 Å². The second-order valence-corrected chi connectivity index (χ2v) is 6.89. The van der Waals surface area contributed by atoms with Crippen LogP contribution in [0.2, 0.25) is 0 Å². The normalized spacial score (nSPS) is 12.9. The van der Waals surface area contributed by atoms with Crippen molar-refractivity contribution in [1.82, 2.24) is 5.32 Å². The Morgan fingerprint density at radius 1 is 1.18 bits per heavy atom. The van der Waals surface area contributed by atoms with Crippen molar-refractivity contribution in [1.29, 1.82) is 0 Å². The highest BCUT2D eigenvalue weighted by atomic mass is 16.3. The van der Waals surface area contributed by atoms with Crippen LogP contribution in [0.3, 0.4) is 0 Å². The van der Waals surface area contributed by atoms with Gasteiger partial charge in [-0.15, -0.1) is 0 Å². The molecule has 1 atom stereocenters. The van der Waals surface area contributed by atoms with Gasteiger partial charge in [-0.1, -0.05) is 40.7 Å². The lowest BCUT2D eigenvalue weighted by Gasteiger charge is -2.23. The Labute approximate surface area is 132 Å². The molecule has 0 aliphatic heterocycles. The van der Waals surface area contributed by atoms with Crippen molar-refractivity contribution >= 4 is 17.5 Å².